The molecule has 0 aliphatic carbocycles. The number of hydrogen-bond acceptors (Lipinski definition) is 4. The molecule has 0 saturated heterocycles. The topological polar surface area (TPSA) is 63.2 Å². The summed E-state index contributed by atoms with van der Waals surface area (Å²) in [5, 5.41) is 5.99. The SMILES string of the molecule is CCNc1cnccc1C(=O)Nc1cc(OC)ccc1Br. The Morgan fingerprint density at radius 3 is 2.86 bits per heavy atom. The second-order valence-corrected chi connectivity index (χ2v) is 5.11. The van der Waals surface area contributed by atoms with E-state index in [0.29, 0.717) is 22.7 Å². The van der Waals surface area contributed by atoms with E-state index in [2.05, 4.69) is 31.5 Å². The monoisotopic (exact) mass is 349 g/mol. The number of hydrogen-bond donors (Lipinski definition) is 2. The summed E-state index contributed by atoms with van der Waals surface area (Å²) >= 11 is 3.41. The van der Waals surface area contributed by atoms with Gasteiger partial charge in [0.05, 0.1) is 30.2 Å². The average Bonchev–Trinajstić information content (AvgIpc) is 2.50. The molecule has 0 bridgehead atoms. The van der Waals surface area contributed by atoms with Crippen LogP contribution >= 0.6 is 15.9 Å². The highest BCUT2D eigenvalue weighted by atomic mass is 79.9. The van der Waals surface area contributed by atoms with Gasteiger partial charge in [-0.05, 0) is 41.1 Å². The van der Waals surface area contributed by atoms with Crippen molar-refractivity contribution in [2.24, 2.45) is 0 Å². The lowest BCUT2D eigenvalue weighted by atomic mass is 10.2. The maximum Gasteiger partial charge on any atom is 0.257 e. The molecule has 0 spiro atoms. The van der Waals surface area contributed by atoms with E-state index >= 15 is 0 Å². The van der Waals surface area contributed by atoms with Gasteiger partial charge in [-0.2, -0.15) is 0 Å². The molecule has 0 aliphatic heterocycles. The third-order valence-corrected chi connectivity index (χ3v) is 3.55. The van der Waals surface area contributed by atoms with Crippen molar-refractivity contribution in [3.8, 4) is 5.75 Å². The van der Waals surface area contributed by atoms with Gasteiger partial charge in [-0.15, -0.1) is 0 Å². The van der Waals surface area contributed by atoms with Crippen molar-refractivity contribution in [2.75, 3.05) is 24.3 Å². The Balaban J connectivity index is 2.26. The molecule has 1 amide bonds. The second kappa shape index (κ2) is 7.08. The zero-order valence-corrected chi connectivity index (χ0v) is 13.4. The van der Waals surface area contributed by atoms with Crippen LogP contribution in [0.25, 0.3) is 0 Å². The van der Waals surface area contributed by atoms with Crippen LogP contribution in [0.1, 0.15) is 17.3 Å². The molecule has 110 valence electrons. The Labute approximate surface area is 131 Å². The van der Waals surface area contributed by atoms with Crippen LogP contribution in [0, 0.1) is 0 Å². The Kier molecular flexibility index (Phi) is 5.16. The second-order valence-electron chi connectivity index (χ2n) is 4.25. The number of carbonyl (C=O) groups is 1. The van der Waals surface area contributed by atoms with E-state index in [0.717, 1.165) is 11.0 Å². The molecule has 0 fully saturated rings. The minimum atomic E-state index is -0.206. The van der Waals surface area contributed by atoms with Gasteiger partial charge in [0.1, 0.15) is 5.75 Å². The predicted octanol–water partition coefficient (Wildman–Crippen LogP) is 3.54. The highest BCUT2D eigenvalue weighted by Gasteiger charge is 2.13. The lowest BCUT2D eigenvalue weighted by molar-refractivity contribution is 0.102. The van der Waals surface area contributed by atoms with Crippen LogP contribution in [0.5, 0.6) is 5.75 Å². The largest absolute Gasteiger partial charge is 0.497 e. The van der Waals surface area contributed by atoms with Crippen LogP contribution in [0.2, 0.25) is 0 Å². The number of carbonyl (C=O) groups excluding carboxylic acids is 1. The summed E-state index contributed by atoms with van der Waals surface area (Å²) in [5.41, 5.74) is 1.90. The molecule has 0 aliphatic rings. The number of benzene rings is 1. The van der Waals surface area contributed by atoms with Crippen LogP contribution in [0.15, 0.2) is 41.1 Å². The first-order valence-corrected chi connectivity index (χ1v) is 7.27. The first-order valence-electron chi connectivity index (χ1n) is 6.48. The zero-order chi connectivity index (χ0) is 15.2. The number of pyridine rings is 1. The van der Waals surface area contributed by atoms with Crippen LogP contribution in [-0.2, 0) is 0 Å². The van der Waals surface area contributed by atoms with Crippen molar-refractivity contribution in [2.45, 2.75) is 6.92 Å². The van der Waals surface area contributed by atoms with Gasteiger partial charge in [0.15, 0.2) is 0 Å². The smallest absolute Gasteiger partial charge is 0.257 e. The average molecular weight is 350 g/mol. The lowest BCUT2D eigenvalue weighted by Crippen LogP contribution is -2.15. The molecule has 2 rings (SSSR count). The van der Waals surface area contributed by atoms with E-state index in [4.69, 9.17) is 4.74 Å². The standard InChI is InChI=1S/C15H16BrN3O2/c1-3-18-14-9-17-7-6-11(14)15(20)19-13-8-10(21-2)4-5-12(13)16/h4-9,18H,3H2,1-2H3,(H,19,20). The van der Waals surface area contributed by atoms with Gasteiger partial charge in [0, 0.05) is 23.3 Å². The van der Waals surface area contributed by atoms with Gasteiger partial charge in [-0.1, -0.05) is 0 Å². The zero-order valence-electron chi connectivity index (χ0n) is 11.8. The number of methoxy groups -OCH3 is 1. The van der Waals surface area contributed by atoms with Crippen molar-refractivity contribution >= 4 is 33.2 Å². The van der Waals surface area contributed by atoms with Crippen LogP contribution in [0.3, 0.4) is 0 Å². The van der Waals surface area contributed by atoms with E-state index in [9.17, 15) is 4.79 Å². The summed E-state index contributed by atoms with van der Waals surface area (Å²) in [6, 6.07) is 7.08. The maximum absolute atomic E-state index is 12.4. The van der Waals surface area contributed by atoms with Gasteiger partial charge in [0.25, 0.3) is 5.91 Å². The number of ether oxygens (including phenoxy) is 1. The predicted molar refractivity (Wildman–Crippen MR) is 87.0 cm³/mol. The maximum atomic E-state index is 12.4. The molecular formula is C15H16BrN3O2. The quantitative estimate of drug-likeness (QED) is 0.866. The number of aromatic nitrogens is 1. The molecule has 1 aromatic carbocycles. The first kappa shape index (κ1) is 15.3. The van der Waals surface area contributed by atoms with Crippen LogP contribution in [0.4, 0.5) is 11.4 Å². The highest BCUT2D eigenvalue weighted by molar-refractivity contribution is 9.10. The molecule has 0 radical (unpaired) electrons. The van der Waals surface area contributed by atoms with E-state index < -0.39 is 0 Å². The molecule has 1 aromatic heterocycles. The van der Waals surface area contributed by atoms with Crippen LogP contribution < -0.4 is 15.4 Å². The number of amides is 1. The fourth-order valence-corrected chi connectivity index (χ4v) is 2.19. The summed E-state index contributed by atoms with van der Waals surface area (Å²) in [4.78, 5) is 16.4. The minimum absolute atomic E-state index is 0.206. The summed E-state index contributed by atoms with van der Waals surface area (Å²) < 4.78 is 5.95. The van der Waals surface area contributed by atoms with Crippen LogP contribution in [-0.4, -0.2) is 24.5 Å². The lowest BCUT2D eigenvalue weighted by Gasteiger charge is -2.12. The number of anilines is 2. The molecule has 21 heavy (non-hydrogen) atoms. The molecular weight excluding hydrogens is 334 g/mol. The molecule has 2 N–H and O–H groups in total. The fourth-order valence-electron chi connectivity index (χ4n) is 1.84. The fraction of sp³-hybridized carbons (Fsp3) is 0.200. The molecule has 6 heteroatoms. The van der Waals surface area contributed by atoms with Gasteiger partial charge >= 0.3 is 0 Å². The van der Waals surface area contributed by atoms with Gasteiger partial charge in [0.2, 0.25) is 0 Å². The number of halogens is 1. The minimum Gasteiger partial charge on any atom is -0.497 e. The van der Waals surface area contributed by atoms with Gasteiger partial charge < -0.3 is 15.4 Å². The van der Waals surface area contributed by atoms with E-state index in [-0.39, 0.29) is 5.91 Å². The normalized spacial score (nSPS) is 10.0. The third kappa shape index (κ3) is 3.72. The van der Waals surface area contributed by atoms with Crippen molar-refractivity contribution < 1.29 is 9.53 Å². The Morgan fingerprint density at radius 1 is 1.33 bits per heavy atom. The molecule has 0 atom stereocenters. The van der Waals surface area contributed by atoms with E-state index in [1.807, 2.05) is 19.1 Å². The molecule has 1 heterocycles. The number of nitrogens with one attached hydrogen (secondary N) is 2. The summed E-state index contributed by atoms with van der Waals surface area (Å²) in [6.45, 7) is 2.68. The first-order chi connectivity index (χ1) is 10.2. The molecule has 5 nitrogen and oxygen atoms in total. The van der Waals surface area contributed by atoms with E-state index in [1.165, 1.54) is 0 Å². The summed E-state index contributed by atoms with van der Waals surface area (Å²) in [6.07, 6.45) is 3.23. The number of nitrogens with zero attached hydrogens (tertiary/aromatic N) is 1. The van der Waals surface area contributed by atoms with Crippen molar-refractivity contribution in [1.82, 2.24) is 4.98 Å². The van der Waals surface area contributed by atoms with Crippen molar-refractivity contribution in [3.05, 3.63) is 46.7 Å². The van der Waals surface area contributed by atoms with E-state index in [1.54, 1.807) is 31.6 Å². The van der Waals surface area contributed by atoms with Crippen molar-refractivity contribution in [3.63, 3.8) is 0 Å². The summed E-state index contributed by atoms with van der Waals surface area (Å²) in [5.74, 6) is 0.470. The van der Waals surface area contributed by atoms with Crippen molar-refractivity contribution in [1.29, 1.82) is 0 Å². The third-order valence-electron chi connectivity index (χ3n) is 2.85. The Morgan fingerprint density at radius 2 is 2.14 bits per heavy atom. The molecule has 2 aromatic rings. The summed E-state index contributed by atoms with van der Waals surface area (Å²) in [7, 11) is 1.58. The Hall–Kier alpha value is -2.08. The van der Waals surface area contributed by atoms with Gasteiger partial charge in [-0.25, -0.2) is 0 Å². The highest BCUT2D eigenvalue weighted by Crippen LogP contribution is 2.28. The molecule has 0 unspecified atom stereocenters. The molecule has 0 saturated carbocycles. The number of rotatable bonds is 5. The Bertz CT molecular complexity index is 647. The van der Waals surface area contributed by atoms with Gasteiger partial charge in [-0.3, -0.25) is 9.78 Å².